The molecule has 0 amide bonds. The van der Waals surface area contributed by atoms with Crippen molar-refractivity contribution in [3.05, 3.63) is 28.2 Å². The molecule has 118 valence electrons. The summed E-state index contributed by atoms with van der Waals surface area (Å²) in [5.41, 5.74) is 1.16. The zero-order chi connectivity index (χ0) is 15.5. The quantitative estimate of drug-likeness (QED) is 0.734. The summed E-state index contributed by atoms with van der Waals surface area (Å²) >= 11 is 3.34. The molecule has 1 fully saturated rings. The van der Waals surface area contributed by atoms with Crippen LogP contribution in [-0.4, -0.2) is 22.0 Å². The Kier molecular flexibility index (Phi) is 5.46. The van der Waals surface area contributed by atoms with Crippen LogP contribution >= 0.6 is 15.9 Å². The summed E-state index contributed by atoms with van der Waals surface area (Å²) in [6.45, 7) is 3.34. The van der Waals surface area contributed by atoms with Gasteiger partial charge in [-0.25, -0.2) is 13.1 Å². The molecule has 0 aromatic heterocycles. The van der Waals surface area contributed by atoms with E-state index in [1.54, 1.807) is 12.1 Å². The van der Waals surface area contributed by atoms with Crippen molar-refractivity contribution < 1.29 is 8.42 Å². The predicted molar refractivity (Wildman–Crippen MR) is 88.7 cm³/mol. The number of nitrogens with one attached hydrogen (secondary N) is 2. The summed E-state index contributed by atoms with van der Waals surface area (Å²) in [5, 5.41) is 3.03. The van der Waals surface area contributed by atoms with E-state index < -0.39 is 10.0 Å². The summed E-state index contributed by atoms with van der Waals surface area (Å²) in [6.07, 6.45) is 4.45. The lowest BCUT2D eigenvalue weighted by atomic mass is 10.0. The molecular formula is C15H23BrN2O2S. The van der Waals surface area contributed by atoms with Gasteiger partial charge >= 0.3 is 0 Å². The molecule has 0 aliphatic heterocycles. The summed E-state index contributed by atoms with van der Waals surface area (Å²) in [6, 6.07) is 5.43. The van der Waals surface area contributed by atoms with Gasteiger partial charge in [0.15, 0.2) is 0 Å². The molecule has 0 radical (unpaired) electrons. The average molecular weight is 375 g/mol. The Labute approximate surface area is 135 Å². The van der Waals surface area contributed by atoms with Gasteiger partial charge in [0, 0.05) is 17.6 Å². The van der Waals surface area contributed by atoms with Crippen molar-refractivity contribution in [2.45, 2.75) is 44.0 Å². The van der Waals surface area contributed by atoms with Gasteiger partial charge in [-0.15, -0.1) is 0 Å². The highest BCUT2D eigenvalue weighted by Crippen LogP contribution is 2.49. The maximum absolute atomic E-state index is 12.5. The third-order valence-electron chi connectivity index (χ3n) is 4.04. The van der Waals surface area contributed by atoms with Crippen LogP contribution in [-0.2, 0) is 16.6 Å². The van der Waals surface area contributed by atoms with Gasteiger partial charge in [-0.05, 0) is 65.4 Å². The third-order valence-corrected chi connectivity index (χ3v) is 6.44. The molecule has 2 N–H and O–H groups in total. The first kappa shape index (κ1) is 16.9. The van der Waals surface area contributed by atoms with Gasteiger partial charge in [0.1, 0.15) is 0 Å². The van der Waals surface area contributed by atoms with Crippen molar-refractivity contribution in [3.8, 4) is 0 Å². The first-order valence-corrected chi connectivity index (χ1v) is 9.63. The molecule has 0 unspecified atom stereocenters. The van der Waals surface area contributed by atoms with Crippen LogP contribution in [0, 0.1) is 5.41 Å². The van der Waals surface area contributed by atoms with E-state index in [-0.39, 0.29) is 5.41 Å². The fourth-order valence-corrected chi connectivity index (χ4v) is 4.78. The minimum atomic E-state index is -3.47. The number of hydrogen-bond donors (Lipinski definition) is 2. The van der Waals surface area contributed by atoms with E-state index >= 15 is 0 Å². The van der Waals surface area contributed by atoms with Crippen LogP contribution in [0.15, 0.2) is 27.6 Å². The number of rotatable bonds is 8. The Bertz CT molecular complexity index is 598. The lowest BCUT2D eigenvalue weighted by Crippen LogP contribution is -2.30. The third kappa shape index (κ3) is 4.28. The van der Waals surface area contributed by atoms with Crippen LogP contribution in [0.2, 0.25) is 0 Å². The largest absolute Gasteiger partial charge is 0.316 e. The lowest BCUT2D eigenvalue weighted by Gasteiger charge is -2.16. The van der Waals surface area contributed by atoms with Crippen LogP contribution in [0.4, 0.5) is 0 Å². The van der Waals surface area contributed by atoms with Gasteiger partial charge in [0.2, 0.25) is 10.0 Å². The van der Waals surface area contributed by atoms with Crippen molar-refractivity contribution in [2.75, 3.05) is 13.6 Å². The van der Waals surface area contributed by atoms with Gasteiger partial charge in [-0.1, -0.05) is 19.4 Å². The zero-order valence-electron chi connectivity index (χ0n) is 12.6. The summed E-state index contributed by atoms with van der Waals surface area (Å²) in [4.78, 5) is 0.322. The molecule has 1 saturated carbocycles. The normalized spacial score (nSPS) is 16.9. The maximum Gasteiger partial charge on any atom is 0.241 e. The first-order chi connectivity index (χ1) is 9.92. The minimum Gasteiger partial charge on any atom is -0.316 e. The van der Waals surface area contributed by atoms with Crippen LogP contribution in [0.3, 0.4) is 0 Å². The Morgan fingerprint density at radius 3 is 2.62 bits per heavy atom. The second-order valence-corrected chi connectivity index (χ2v) is 8.46. The van der Waals surface area contributed by atoms with Crippen molar-refractivity contribution >= 4 is 26.0 Å². The molecule has 1 aromatic rings. The van der Waals surface area contributed by atoms with E-state index in [1.807, 2.05) is 13.1 Å². The molecule has 21 heavy (non-hydrogen) atoms. The Morgan fingerprint density at radius 2 is 2.05 bits per heavy atom. The van der Waals surface area contributed by atoms with Crippen LogP contribution in [0.1, 0.15) is 38.2 Å². The zero-order valence-corrected chi connectivity index (χ0v) is 15.0. The Hall–Kier alpha value is -0.430. The molecule has 0 heterocycles. The second-order valence-electron chi connectivity index (χ2n) is 5.87. The minimum absolute atomic E-state index is 0.205. The molecule has 2 rings (SSSR count). The molecule has 1 aromatic carbocycles. The van der Waals surface area contributed by atoms with Gasteiger partial charge in [-0.3, -0.25) is 0 Å². The Morgan fingerprint density at radius 1 is 1.33 bits per heavy atom. The fraction of sp³-hybridized carbons (Fsp3) is 0.600. The molecule has 1 aliphatic carbocycles. The number of benzene rings is 1. The highest BCUT2D eigenvalue weighted by Gasteiger charge is 2.42. The molecular weight excluding hydrogens is 352 g/mol. The van der Waals surface area contributed by atoms with Crippen molar-refractivity contribution in [1.82, 2.24) is 10.0 Å². The van der Waals surface area contributed by atoms with E-state index in [0.717, 1.165) is 31.2 Å². The molecule has 0 spiro atoms. The standard InChI is InChI=1S/C15H23BrN2O2S/c1-3-6-15(7-8-15)11-18-21(19,20)14-9-12(10-17-2)4-5-13(14)16/h4-5,9,17-18H,3,6-8,10-11H2,1-2H3. The Balaban J connectivity index is 2.13. The van der Waals surface area contributed by atoms with Crippen LogP contribution in [0.25, 0.3) is 0 Å². The lowest BCUT2D eigenvalue weighted by molar-refractivity contribution is 0.449. The summed E-state index contributed by atoms with van der Waals surface area (Å²) in [5.74, 6) is 0. The number of hydrogen-bond acceptors (Lipinski definition) is 3. The van der Waals surface area contributed by atoms with Crippen molar-refractivity contribution in [2.24, 2.45) is 5.41 Å². The molecule has 4 nitrogen and oxygen atoms in total. The molecule has 0 saturated heterocycles. The maximum atomic E-state index is 12.5. The highest BCUT2D eigenvalue weighted by molar-refractivity contribution is 9.10. The monoisotopic (exact) mass is 374 g/mol. The first-order valence-electron chi connectivity index (χ1n) is 7.35. The number of sulfonamides is 1. The summed E-state index contributed by atoms with van der Waals surface area (Å²) in [7, 11) is -1.62. The highest BCUT2D eigenvalue weighted by atomic mass is 79.9. The average Bonchev–Trinajstić information content (AvgIpc) is 3.20. The topological polar surface area (TPSA) is 58.2 Å². The van der Waals surface area contributed by atoms with Crippen molar-refractivity contribution in [1.29, 1.82) is 0 Å². The van der Waals surface area contributed by atoms with Gasteiger partial charge in [0.05, 0.1) is 4.90 Å². The summed E-state index contributed by atoms with van der Waals surface area (Å²) < 4.78 is 28.5. The number of halogens is 1. The predicted octanol–water partition coefficient (Wildman–Crippen LogP) is 3.03. The van der Waals surface area contributed by atoms with E-state index in [4.69, 9.17) is 0 Å². The van der Waals surface area contributed by atoms with E-state index in [2.05, 4.69) is 32.9 Å². The molecule has 6 heteroatoms. The van der Waals surface area contributed by atoms with Crippen LogP contribution in [0.5, 0.6) is 0 Å². The molecule has 0 bridgehead atoms. The van der Waals surface area contributed by atoms with E-state index in [1.165, 1.54) is 0 Å². The smallest absolute Gasteiger partial charge is 0.241 e. The van der Waals surface area contributed by atoms with Gasteiger partial charge in [-0.2, -0.15) is 0 Å². The SMILES string of the molecule is CCCC1(CNS(=O)(=O)c2cc(CNC)ccc2Br)CC1. The van der Waals surface area contributed by atoms with E-state index in [9.17, 15) is 8.42 Å². The van der Waals surface area contributed by atoms with Gasteiger partial charge < -0.3 is 5.32 Å². The van der Waals surface area contributed by atoms with Gasteiger partial charge in [0.25, 0.3) is 0 Å². The van der Waals surface area contributed by atoms with Crippen molar-refractivity contribution in [3.63, 3.8) is 0 Å². The fourth-order valence-electron chi connectivity index (χ4n) is 2.62. The molecule has 0 atom stereocenters. The second kappa shape index (κ2) is 6.77. The van der Waals surface area contributed by atoms with Crippen LogP contribution < -0.4 is 10.0 Å². The van der Waals surface area contributed by atoms with E-state index in [0.29, 0.717) is 22.5 Å². The molecule has 1 aliphatic rings.